The molecule has 4 N–H and O–H groups in total. The third-order valence-electron chi connectivity index (χ3n) is 5.96. The van der Waals surface area contributed by atoms with Crippen LogP contribution in [0.1, 0.15) is 37.4 Å². The van der Waals surface area contributed by atoms with Crippen LogP contribution < -0.4 is 11.1 Å². The van der Waals surface area contributed by atoms with Crippen molar-refractivity contribution in [1.29, 1.82) is 0 Å². The zero-order chi connectivity index (χ0) is 27.7. The Morgan fingerprint density at radius 2 is 1.74 bits per heavy atom. The van der Waals surface area contributed by atoms with Crippen molar-refractivity contribution in [2.24, 2.45) is 5.73 Å². The number of ether oxygens (including phenoxy) is 1. The number of primary amides is 1. The largest absolute Gasteiger partial charge is 0.477 e. The Kier molecular flexibility index (Phi) is 10.0. The van der Waals surface area contributed by atoms with Gasteiger partial charge in [-0.15, -0.1) is 0 Å². The van der Waals surface area contributed by atoms with Crippen molar-refractivity contribution < 1.29 is 33.0 Å². The van der Waals surface area contributed by atoms with E-state index in [2.05, 4.69) is 34.5 Å². The van der Waals surface area contributed by atoms with Gasteiger partial charge in [0.25, 0.3) is 0 Å². The van der Waals surface area contributed by atoms with E-state index in [-0.39, 0.29) is 18.0 Å². The van der Waals surface area contributed by atoms with Gasteiger partial charge in [-0.05, 0) is 65.1 Å². The standard InChI is InChI=1S/C19H22N2O2.C9H7F2NO3/c1-14-11-17(19(20)22)5-6-18(14)16-4-2-3-15(12-16)13-21-7-9-23-10-8-21;10-6-1-5(3-12-4-13)2-7(11)8(6)9(14)15/h2-6,11-12H,7-10,13H2,1H3,(H2,20,22);1-2,4H,3H2,(H,12,13)(H,14,15). The number of halogens is 2. The maximum atomic E-state index is 13.1. The Morgan fingerprint density at radius 1 is 1.05 bits per heavy atom. The molecule has 0 bridgehead atoms. The number of carboxylic acid groups (broad SMARTS) is 1. The molecule has 4 rings (SSSR count). The number of rotatable bonds is 8. The molecule has 38 heavy (non-hydrogen) atoms. The van der Waals surface area contributed by atoms with Crippen molar-refractivity contribution in [3.05, 3.63) is 94.0 Å². The molecule has 0 aliphatic carbocycles. The molecule has 1 fully saturated rings. The molecule has 200 valence electrons. The minimum absolute atomic E-state index is 0.0583. The van der Waals surface area contributed by atoms with E-state index < -0.39 is 23.2 Å². The maximum Gasteiger partial charge on any atom is 0.341 e. The summed E-state index contributed by atoms with van der Waals surface area (Å²) in [5.41, 5.74) is 9.72. The van der Waals surface area contributed by atoms with E-state index in [1.165, 1.54) is 11.1 Å². The lowest BCUT2D eigenvalue weighted by molar-refractivity contribution is -0.109. The van der Waals surface area contributed by atoms with Crippen molar-refractivity contribution >= 4 is 18.3 Å². The van der Waals surface area contributed by atoms with Crippen LogP contribution in [-0.4, -0.2) is 54.6 Å². The number of amides is 2. The number of benzene rings is 3. The lowest BCUT2D eigenvalue weighted by atomic mass is 9.97. The number of hydrogen-bond acceptors (Lipinski definition) is 5. The first-order valence-electron chi connectivity index (χ1n) is 11.9. The first-order chi connectivity index (χ1) is 18.2. The predicted octanol–water partition coefficient (Wildman–Crippen LogP) is 3.50. The molecule has 0 atom stereocenters. The summed E-state index contributed by atoms with van der Waals surface area (Å²) in [7, 11) is 0. The molecular weight excluding hydrogens is 496 g/mol. The first kappa shape index (κ1) is 28.4. The number of carboxylic acids is 1. The van der Waals surface area contributed by atoms with Crippen LogP contribution >= 0.6 is 0 Å². The normalized spacial score (nSPS) is 13.2. The Bertz CT molecular complexity index is 1290. The third-order valence-corrected chi connectivity index (χ3v) is 5.96. The highest BCUT2D eigenvalue weighted by Gasteiger charge is 2.17. The summed E-state index contributed by atoms with van der Waals surface area (Å²) >= 11 is 0. The highest BCUT2D eigenvalue weighted by atomic mass is 19.1. The topological polar surface area (TPSA) is 122 Å². The zero-order valence-electron chi connectivity index (χ0n) is 20.9. The van der Waals surface area contributed by atoms with Gasteiger partial charge >= 0.3 is 5.97 Å². The fourth-order valence-corrected chi connectivity index (χ4v) is 4.09. The third kappa shape index (κ3) is 7.67. The smallest absolute Gasteiger partial charge is 0.341 e. The molecule has 0 radical (unpaired) electrons. The second-order valence-corrected chi connectivity index (χ2v) is 8.72. The summed E-state index contributed by atoms with van der Waals surface area (Å²) in [6.45, 7) is 6.48. The molecule has 3 aromatic carbocycles. The van der Waals surface area contributed by atoms with E-state index in [0.29, 0.717) is 12.0 Å². The molecule has 10 heteroatoms. The lowest BCUT2D eigenvalue weighted by Gasteiger charge is -2.26. The minimum atomic E-state index is -1.67. The molecule has 8 nitrogen and oxygen atoms in total. The van der Waals surface area contributed by atoms with Crippen LogP contribution in [0.4, 0.5) is 8.78 Å². The monoisotopic (exact) mass is 525 g/mol. The molecule has 1 aliphatic heterocycles. The van der Waals surface area contributed by atoms with Crippen molar-refractivity contribution in [2.45, 2.75) is 20.0 Å². The number of hydrogen-bond donors (Lipinski definition) is 3. The maximum absolute atomic E-state index is 13.1. The summed E-state index contributed by atoms with van der Waals surface area (Å²) in [6, 6.07) is 15.9. The van der Waals surface area contributed by atoms with E-state index in [9.17, 15) is 23.2 Å². The number of nitrogens with two attached hydrogens (primary N) is 1. The van der Waals surface area contributed by atoms with Crippen LogP contribution in [0.2, 0.25) is 0 Å². The molecule has 0 saturated carbocycles. The quantitative estimate of drug-likeness (QED) is 0.387. The van der Waals surface area contributed by atoms with E-state index in [4.69, 9.17) is 15.6 Å². The Hall–Kier alpha value is -4.15. The van der Waals surface area contributed by atoms with Gasteiger partial charge in [-0.3, -0.25) is 14.5 Å². The summed E-state index contributed by atoms with van der Waals surface area (Å²) in [6.07, 6.45) is 0.376. The molecule has 0 spiro atoms. The van der Waals surface area contributed by atoms with Crippen molar-refractivity contribution in [1.82, 2.24) is 10.2 Å². The number of nitrogens with one attached hydrogen (secondary N) is 1. The number of carbonyl (C=O) groups is 3. The second-order valence-electron chi connectivity index (χ2n) is 8.72. The number of nitrogens with zero attached hydrogens (tertiary/aromatic N) is 1. The van der Waals surface area contributed by atoms with E-state index in [1.54, 1.807) is 6.07 Å². The van der Waals surface area contributed by atoms with Gasteiger partial charge in [-0.1, -0.05) is 24.3 Å². The summed E-state index contributed by atoms with van der Waals surface area (Å²) < 4.78 is 31.5. The molecule has 0 unspecified atom stereocenters. The van der Waals surface area contributed by atoms with E-state index in [0.717, 1.165) is 56.1 Å². The van der Waals surface area contributed by atoms with Crippen LogP contribution in [0.3, 0.4) is 0 Å². The van der Waals surface area contributed by atoms with Crippen LogP contribution in [0.5, 0.6) is 0 Å². The molecule has 1 heterocycles. The van der Waals surface area contributed by atoms with Crippen molar-refractivity contribution in [2.75, 3.05) is 26.3 Å². The fourth-order valence-electron chi connectivity index (χ4n) is 4.09. The van der Waals surface area contributed by atoms with Gasteiger partial charge in [0.05, 0.1) is 13.2 Å². The average molecular weight is 526 g/mol. The van der Waals surface area contributed by atoms with Crippen LogP contribution in [0.15, 0.2) is 54.6 Å². The fraction of sp³-hybridized carbons (Fsp3) is 0.250. The minimum Gasteiger partial charge on any atom is -0.477 e. The van der Waals surface area contributed by atoms with Gasteiger partial charge in [0, 0.05) is 31.7 Å². The summed E-state index contributed by atoms with van der Waals surface area (Å²) in [5, 5.41) is 10.7. The number of aryl methyl sites for hydroxylation is 1. The summed E-state index contributed by atoms with van der Waals surface area (Å²) in [5.74, 6) is -4.38. The average Bonchev–Trinajstić information content (AvgIpc) is 2.88. The van der Waals surface area contributed by atoms with Crippen molar-refractivity contribution in [3.63, 3.8) is 0 Å². The number of aromatic carboxylic acids is 1. The van der Waals surface area contributed by atoms with Gasteiger partial charge in [0.1, 0.15) is 17.2 Å². The Labute approximate surface area is 219 Å². The molecule has 2 amide bonds. The highest BCUT2D eigenvalue weighted by molar-refractivity contribution is 5.93. The summed E-state index contributed by atoms with van der Waals surface area (Å²) in [4.78, 5) is 34.0. The SMILES string of the molecule is Cc1cc(C(N)=O)ccc1-c1cccc(CN2CCOCC2)c1.O=CNCc1cc(F)c(C(=O)O)c(F)c1. The van der Waals surface area contributed by atoms with Gasteiger partial charge in [0.15, 0.2) is 0 Å². The molecule has 3 aromatic rings. The lowest BCUT2D eigenvalue weighted by Crippen LogP contribution is -2.35. The Balaban J connectivity index is 0.000000232. The van der Waals surface area contributed by atoms with Gasteiger partial charge in [-0.2, -0.15) is 0 Å². The van der Waals surface area contributed by atoms with Crippen LogP contribution in [0.25, 0.3) is 11.1 Å². The van der Waals surface area contributed by atoms with Gasteiger partial charge < -0.3 is 20.9 Å². The van der Waals surface area contributed by atoms with Gasteiger partial charge in [-0.25, -0.2) is 13.6 Å². The Morgan fingerprint density at radius 3 is 2.32 bits per heavy atom. The van der Waals surface area contributed by atoms with Crippen molar-refractivity contribution in [3.8, 4) is 11.1 Å². The first-order valence-corrected chi connectivity index (χ1v) is 11.9. The van der Waals surface area contributed by atoms with Crippen LogP contribution in [0, 0.1) is 18.6 Å². The van der Waals surface area contributed by atoms with Crippen LogP contribution in [-0.2, 0) is 22.6 Å². The van der Waals surface area contributed by atoms with Gasteiger partial charge in [0.2, 0.25) is 12.3 Å². The molecular formula is C28H29F2N3O5. The number of carbonyl (C=O) groups excluding carboxylic acids is 2. The zero-order valence-corrected chi connectivity index (χ0v) is 20.9. The van der Waals surface area contributed by atoms with E-state index in [1.807, 2.05) is 19.1 Å². The molecule has 1 aliphatic rings. The second kappa shape index (κ2) is 13.4. The molecule has 0 aromatic heterocycles. The predicted molar refractivity (Wildman–Crippen MR) is 137 cm³/mol. The van der Waals surface area contributed by atoms with E-state index >= 15 is 0 Å². The molecule has 1 saturated heterocycles. The highest BCUT2D eigenvalue weighted by Crippen LogP contribution is 2.25. The number of morpholine rings is 1.